The number of benzene rings is 2. The molecular formula is C21H18N6OS. The molecule has 0 aliphatic carbocycles. The third-order valence-corrected chi connectivity index (χ3v) is 5.93. The Labute approximate surface area is 170 Å². The number of H-pyrrole nitrogens is 1. The van der Waals surface area contributed by atoms with Crippen molar-refractivity contribution in [2.45, 2.75) is 30.8 Å². The summed E-state index contributed by atoms with van der Waals surface area (Å²) >= 11 is 1.43. The summed E-state index contributed by atoms with van der Waals surface area (Å²) in [5.74, 6) is 0.596. The summed E-state index contributed by atoms with van der Waals surface area (Å²) in [6, 6.07) is 15.4. The van der Waals surface area contributed by atoms with E-state index >= 15 is 0 Å². The Kier molecular flexibility index (Phi) is 4.28. The maximum absolute atomic E-state index is 12.4. The van der Waals surface area contributed by atoms with Crippen LogP contribution in [-0.4, -0.2) is 29.7 Å². The van der Waals surface area contributed by atoms with Crippen molar-refractivity contribution in [3.63, 3.8) is 0 Å². The van der Waals surface area contributed by atoms with E-state index in [1.54, 1.807) is 6.07 Å². The smallest absolute Gasteiger partial charge is 0.258 e. The zero-order valence-corrected chi connectivity index (χ0v) is 16.8. The minimum Gasteiger partial charge on any atom is -0.324 e. The van der Waals surface area contributed by atoms with Gasteiger partial charge >= 0.3 is 0 Å². The Morgan fingerprint density at radius 1 is 1.03 bits per heavy atom. The van der Waals surface area contributed by atoms with E-state index in [1.165, 1.54) is 11.8 Å². The lowest BCUT2D eigenvalue weighted by Crippen LogP contribution is -2.13. The van der Waals surface area contributed by atoms with E-state index in [1.807, 2.05) is 43.3 Å². The zero-order valence-electron chi connectivity index (χ0n) is 16.0. The number of hydrogen-bond acceptors (Lipinski definition) is 6. The number of aromatic amines is 1. The predicted molar refractivity (Wildman–Crippen MR) is 115 cm³/mol. The number of nitrogens with zero attached hydrogens (tertiary/aromatic N) is 5. The fraction of sp³-hybridized carbons (Fsp3) is 0.190. The second-order valence-corrected chi connectivity index (χ2v) is 8.06. The second kappa shape index (κ2) is 6.97. The highest BCUT2D eigenvalue weighted by Gasteiger charge is 2.17. The van der Waals surface area contributed by atoms with Gasteiger partial charge in [0.2, 0.25) is 5.16 Å². The summed E-state index contributed by atoms with van der Waals surface area (Å²) in [6.45, 7) is 4.86. The molecule has 29 heavy (non-hydrogen) atoms. The number of nitrogens with one attached hydrogen (secondary N) is 1. The molecule has 0 amide bonds. The highest BCUT2D eigenvalue weighted by Crippen LogP contribution is 2.32. The van der Waals surface area contributed by atoms with Gasteiger partial charge in [0.1, 0.15) is 11.3 Å². The molecule has 5 aromatic rings. The van der Waals surface area contributed by atoms with Crippen LogP contribution in [0.5, 0.6) is 0 Å². The van der Waals surface area contributed by atoms with E-state index in [-0.39, 0.29) is 10.8 Å². The Morgan fingerprint density at radius 3 is 2.62 bits per heavy atom. The fourth-order valence-electron chi connectivity index (χ4n) is 3.57. The Bertz CT molecular complexity index is 1420. The molecule has 3 aromatic heterocycles. The quantitative estimate of drug-likeness (QED) is 0.456. The summed E-state index contributed by atoms with van der Waals surface area (Å²) in [5, 5.41) is 10.8. The van der Waals surface area contributed by atoms with E-state index < -0.39 is 0 Å². The number of para-hydroxylation sites is 2. The number of fused-ring (bicyclic) bond motifs is 4. The van der Waals surface area contributed by atoms with E-state index in [9.17, 15) is 4.79 Å². The van der Waals surface area contributed by atoms with E-state index in [0.29, 0.717) is 21.9 Å². The van der Waals surface area contributed by atoms with Crippen LogP contribution in [0.25, 0.3) is 33.0 Å². The first kappa shape index (κ1) is 17.8. The lowest BCUT2D eigenvalue weighted by Gasteiger charge is -2.10. The lowest BCUT2D eigenvalue weighted by molar-refractivity contribution is 0.787. The number of rotatable bonds is 4. The van der Waals surface area contributed by atoms with Crippen molar-refractivity contribution < 1.29 is 0 Å². The molecule has 5 rings (SSSR count). The summed E-state index contributed by atoms with van der Waals surface area (Å²) in [6.07, 6.45) is 0. The van der Waals surface area contributed by atoms with Crippen molar-refractivity contribution in [3.8, 4) is 0 Å². The molecule has 2 aromatic carbocycles. The Hall–Kier alpha value is -3.26. The van der Waals surface area contributed by atoms with Gasteiger partial charge in [-0.3, -0.25) is 4.79 Å². The van der Waals surface area contributed by atoms with Crippen molar-refractivity contribution >= 4 is 44.7 Å². The van der Waals surface area contributed by atoms with E-state index in [2.05, 4.69) is 37.7 Å². The van der Waals surface area contributed by atoms with Gasteiger partial charge in [-0.15, -0.1) is 10.2 Å². The molecule has 144 valence electrons. The van der Waals surface area contributed by atoms with Gasteiger partial charge < -0.3 is 9.55 Å². The highest BCUT2D eigenvalue weighted by atomic mass is 32.2. The molecule has 1 N–H and O–H groups in total. The fourth-order valence-corrected chi connectivity index (χ4v) is 4.34. The van der Waals surface area contributed by atoms with Crippen molar-refractivity contribution in [2.24, 2.45) is 0 Å². The minimum atomic E-state index is -0.140. The minimum absolute atomic E-state index is 0.133. The van der Waals surface area contributed by atoms with Crippen LogP contribution < -0.4 is 5.56 Å². The molecule has 0 saturated carbocycles. The van der Waals surface area contributed by atoms with Crippen LogP contribution in [0.4, 0.5) is 0 Å². The monoisotopic (exact) mass is 402 g/mol. The van der Waals surface area contributed by atoms with Gasteiger partial charge in [-0.1, -0.05) is 42.1 Å². The first-order valence-electron chi connectivity index (χ1n) is 9.43. The Balaban J connectivity index is 1.55. The van der Waals surface area contributed by atoms with Gasteiger partial charge in [0, 0.05) is 11.9 Å². The van der Waals surface area contributed by atoms with E-state index in [4.69, 9.17) is 4.98 Å². The average Bonchev–Trinajstić information content (AvgIpc) is 3.06. The number of thioether (sulfide) groups is 1. The van der Waals surface area contributed by atoms with Crippen LogP contribution in [0.15, 0.2) is 58.5 Å². The summed E-state index contributed by atoms with van der Waals surface area (Å²) in [4.78, 5) is 24.6. The standard InChI is InChI=1S/C21H18N6OS/c1-3-27-16-11-7-5-9-14(16)17-19(27)24-21(26-25-17)29-12(2)18-22-15-10-6-4-8-13(15)20(28)23-18/h4-12H,3H2,1-2H3,(H,22,23,28)/t12-/m1/s1. The van der Waals surface area contributed by atoms with Crippen molar-refractivity contribution in [2.75, 3.05) is 0 Å². The molecule has 0 radical (unpaired) electrons. The molecule has 8 heteroatoms. The summed E-state index contributed by atoms with van der Waals surface area (Å²) < 4.78 is 2.14. The zero-order chi connectivity index (χ0) is 20.0. The molecule has 0 saturated heterocycles. The average molecular weight is 402 g/mol. The lowest BCUT2D eigenvalue weighted by atomic mass is 10.2. The summed E-state index contributed by atoms with van der Waals surface area (Å²) in [7, 11) is 0. The van der Waals surface area contributed by atoms with Gasteiger partial charge in [0.15, 0.2) is 5.65 Å². The summed E-state index contributed by atoms with van der Waals surface area (Å²) in [5.41, 5.74) is 3.26. The first-order chi connectivity index (χ1) is 14.2. The molecule has 3 heterocycles. The molecule has 0 fully saturated rings. The third-order valence-electron chi connectivity index (χ3n) is 4.97. The van der Waals surface area contributed by atoms with Gasteiger partial charge in [-0.25, -0.2) is 9.97 Å². The molecule has 0 spiro atoms. The SMILES string of the molecule is CCn1c2ccccc2c2nnc(S[C@H](C)c3nc4ccccc4c(=O)[nH]3)nc21. The van der Waals surface area contributed by atoms with Crippen LogP contribution in [0.2, 0.25) is 0 Å². The number of aromatic nitrogens is 6. The van der Waals surface area contributed by atoms with Crippen molar-refractivity contribution in [3.05, 3.63) is 64.7 Å². The molecule has 0 unspecified atom stereocenters. The number of hydrogen-bond donors (Lipinski definition) is 1. The highest BCUT2D eigenvalue weighted by molar-refractivity contribution is 7.99. The molecule has 0 bridgehead atoms. The van der Waals surface area contributed by atoms with Crippen LogP contribution >= 0.6 is 11.8 Å². The van der Waals surface area contributed by atoms with Crippen LogP contribution in [0.3, 0.4) is 0 Å². The topological polar surface area (TPSA) is 89.4 Å². The van der Waals surface area contributed by atoms with Gasteiger partial charge in [-0.05, 0) is 32.0 Å². The van der Waals surface area contributed by atoms with Crippen LogP contribution in [0, 0.1) is 0 Å². The molecule has 0 aliphatic heterocycles. The van der Waals surface area contributed by atoms with Gasteiger partial charge in [0.05, 0.1) is 21.7 Å². The largest absolute Gasteiger partial charge is 0.324 e. The van der Waals surface area contributed by atoms with Gasteiger partial charge in [-0.2, -0.15) is 0 Å². The van der Waals surface area contributed by atoms with Crippen LogP contribution in [-0.2, 0) is 6.54 Å². The third kappa shape index (κ3) is 2.96. The molecule has 7 nitrogen and oxygen atoms in total. The van der Waals surface area contributed by atoms with Gasteiger partial charge in [0.25, 0.3) is 5.56 Å². The Morgan fingerprint density at radius 2 is 1.79 bits per heavy atom. The second-order valence-electron chi connectivity index (χ2n) is 6.76. The predicted octanol–water partition coefficient (Wildman–Crippen LogP) is 4.09. The number of aryl methyl sites for hydroxylation is 1. The van der Waals surface area contributed by atoms with Crippen molar-refractivity contribution in [1.82, 2.24) is 29.7 Å². The maximum Gasteiger partial charge on any atom is 0.258 e. The van der Waals surface area contributed by atoms with E-state index in [0.717, 1.165) is 28.6 Å². The molecular weight excluding hydrogens is 384 g/mol. The first-order valence-corrected chi connectivity index (χ1v) is 10.3. The molecule has 0 aliphatic rings. The van der Waals surface area contributed by atoms with Crippen molar-refractivity contribution in [1.29, 1.82) is 0 Å². The maximum atomic E-state index is 12.4. The molecule has 1 atom stereocenters. The normalized spacial score (nSPS) is 12.8. The van der Waals surface area contributed by atoms with Crippen LogP contribution in [0.1, 0.15) is 24.9 Å².